The molecule has 29 heavy (non-hydrogen) atoms. The van der Waals surface area contributed by atoms with Crippen LogP contribution in [0.5, 0.6) is 0 Å². The van der Waals surface area contributed by atoms with Gasteiger partial charge in [0.05, 0.1) is 22.3 Å². The number of aromatic nitrogens is 6. The summed E-state index contributed by atoms with van der Waals surface area (Å²) in [5.74, 6) is 1.96. The molecule has 0 N–H and O–H groups in total. The number of benzene rings is 2. The van der Waals surface area contributed by atoms with Crippen molar-refractivity contribution in [3.8, 4) is 5.69 Å². The van der Waals surface area contributed by atoms with Crippen molar-refractivity contribution in [3.05, 3.63) is 76.2 Å². The van der Waals surface area contributed by atoms with Crippen LogP contribution < -0.4 is 5.56 Å². The van der Waals surface area contributed by atoms with E-state index in [2.05, 4.69) is 20.4 Å². The molecule has 5 aromatic rings. The predicted octanol–water partition coefficient (Wildman–Crippen LogP) is 3.33. The van der Waals surface area contributed by atoms with Gasteiger partial charge in [-0.1, -0.05) is 42.1 Å². The molecule has 0 fully saturated rings. The number of hydrogen-bond acceptors (Lipinski definition) is 7. The molecule has 3 heterocycles. The van der Waals surface area contributed by atoms with Crippen molar-refractivity contribution in [2.75, 3.05) is 0 Å². The minimum absolute atomic E-state index is 0.126. The molecule has 144 valence electrons. The molecule has 0 amide bonds. The lowest BCUT2D eigenvalue weighted by Gasteiger charge is -2.13. The summed E-state index contributed by atoms with van der Waals surface area (Å²) in [6.45, 7) is 3.72. The molecular formula is C20H16N6O2S. The van der Waals surface area contributed by atoms with Gasteiger partial charge in [0, 0.05) is 6.92 Å². The molecule has 2 aromatic carbocycles. The van der Waals surface area contributed by atoms with Crippen LogP contribution in [0.25, 0.3) is 22.4 Å². The maximum absolute atomic E-state index is 13.3. The number of thioether (sulfide) groups is 1. The van der Waals surface area contributed by atoms with Gasteiger partial charge in [-0.25, -0.2) is 4.57 Å². The predicted molar refractivity (Wildman–Crippen MR) is 109 cm³/mol. The molecule has 0 aliphatic heterocycles. The molecule has 0 atom stereocenters. The first-order valence-corrected chi connectivity index (χ1v) is 9.99. The van der Waals surface area contributed by atoms with Gasteiger partial charge >= 0.3 is 0 Å². The van der Waals surface area contributed by atoms with Crippen LogP contribution >= 0.6 is 11.8 Å². The highest BCUT2D eigenvalue weighted by atomic mass is 32.2. The van der Waals surface area contributed by atoms with Gasteiger partial charge in [-0.3, -0.25) is 9.20 Å². The lowest BCUT2D eigenvalue weighted by Crippen LogP contribution is -2.22. The van der Waals surface area contributed by atoms with E-state index in [4.69, 9.17) is 4.42 Å². The topological polar surface area (TPSA) is 91.1 Å². The van der Waals surface area contributed by atoms with Gasteiger partial charge in [-0.05, 0) is 30.7 Å². The third-order valence-corrected chi connectivity index (χ3v) is 5.56. The molecule has 3 aromatic heterocycles. The van der Waals surface area contributed by atoms with E-state index in [0.717, 1.165) is 16.8 Å². The summed E-state index contributed by atoms with van der Waals surface area (Å²) < 4.78 is 8.97. The van der Waals surface area contributed by atoms with E-state index in [0.29, 0.717) is 33.9 Å². The van der Waals surface area contributed by atoms with Crippen LogP contribution in [0, 0.1) is 13.8 Å². The Morgan fingerprint density at radius 1 is 0.966 bits per heavy atom. The van der Waals surface area contributed by atoms with Crippen LogP contribution in [-0.2, 0) is 5.75 Å². The second-order valence-corrected chi connectivity index (χ2v) is 7.51. The van der Waals surface area contributed by atoms with Gasteiger partial charge < -0.3 is 4.42 Å². The van der Waals surface area contributed by atoms with Gasteiger partial charge in [0.1, 0.15) is 0 Å². The van der Waals surface area contributed by atoms with Crippen LogP contribution in [0.1, 0.15) is 17.3 Å². The Morgan fingerprint density at radius 2 is 1.76 bits per heavy atom. The number of rotatable bonds is 4. The normalized spacial score (nSPS) is 11.5. The highest BCUT2D eigenvalue weighted by Gasteiger charge is 2.19. The van der Waals surface area contributed by atoms with Gasteiger partial charge in [0.2, 0.25) is 17.6 Å². The molecule has 9 heteroatoms. The maximum atomic E-state index is 13.3. The quantitative estimate of drug-likeness (QED) is 0.424. The van der Waals surface area contributed by atoms with Gasteiger partial charge in [0.15, 0.2) is 5.16 Å². The average molecular weight is 404 g/mol. The van der Waals surface area contributed by atoms with Crippen LogP contribution in [0.2, 0.25) is 0 Å². The van der Waals surface area contributed by atoms with E-state index in [1.165, 1.54) is 11.8 Å². The van der Waals surface area contributed by atoms with E-state index >= 15 is 0 Å². The summed E-state index contributed by atoms with van der Waals surface area (Å²) in [5, 5.41) is 17.8. The number of fused-ring (bicyclic) bond motifs is 3. The Morgan fingerprint density at radius 3 is 2.55 bits per heavy atom. The summed E-state index contributed by atoms with van der Waals surface area (Å²) >= 11 is 1.43. The second-order valence-electron chi connectivity index (χ2n) is 6.57. The summed E-state index contributed by atoms with van der Waals surface area (Å²) in [4.78, 5) is 13.3. The smallest absolute Gasteiger partial charge is 0.267 e. The maximum Gasteiger partial charge on any atom is 0.267 e. The second kappa shape index (κ2) is 6.85. The first-order chi connectivity index (χ1) is 14.1. The van der Waals surface area contributed by atoms with Crippen LogP contribution in [0.4, 0.5) is 0 Å². The molecule has 0 spiro atoms. The fourth-order valence-corrected chi connectivity index (χ4v) is 4.10. The van der Waals surface area contributed by atoms with E-state index in [-0.39, 0.29) is 5.56 Å². The SMILES string of the molecule is Cc1nnc(CSc2nnc3n(-c4ccccc4C)c(=O)c4ccccc4n23)o1. The largest absolute Gasteiger partial charge is 0.425 e. The van der Waals surface area contributed by atoms with Crippen molar-refractivity contribution >= 4 is 28.4 Å². The fourth-order valence-electron chi connectivity index (χ4n) is 3.33. The molecule has 0 aliphatic rings. The third kappa shape index (κ3) is 2.90. The van der Waals surface area contributed by atoms with E-state index in [1.54, 1.807) is 11.5 Å². The molecular weight excluding hydrogens is 388 g/mol. The first-order valence-electron chi connectivity index (χ1n) is 9.00. The minimum Gasteiger partial charge on any atom is -0.425 e. The number of para-hydroxylation sites is 2. The van der Waals surface area contributed by atoms with Gasteiger partial charge in [-0.15, -0.1) is 20.4 Å². The Bertz CT molecular complexity index is 1420. The third-order valence-electron chi connectivity index (χ3n) is 4.64. The Hall–Kier alpha value is -3.46. The first kappa shape index (κ1) is 17.6. The zero-order valence-corrected chi connectivity index (χ0v) is 16.6. The molecule has 5 rings (SSSR count). The standard InChI is InChI=1S/C20H16N6O2S/c1-12-7-3-5-9-15(12)25-18(27)14-8-4-6-10-16(14)26-19(25)23-24-20(26)29-11-17-22-21-13(2)28-17/h3-10H,11H2,1-2H3. The van der Waals surface area contributed by atoms with Crippen molar-refractivity contribution < 1.29 is 4.42 Å². The summed E-state index contributed by atoms with van der Waals surface area (Å²) in [6.07, 6.45) is 0. The molecule has 0 aliphatic carbocycles. The lowest BCUT2D eigenvalue weighted by atomic mass is 10.2. The average Bonchev–Trinajstić information content (AvgIpc) is 3.34. The summed E-state index contributed by atoms with van der Waals surface area (Å²) in [7, 11) is 0. The van der Waals surface area contributed by atoms with E-state index in [1.807, 2.05) is 59.9 Å². The fraction of sp³-hybridized carbons (Fsp3) is 0.150. The molecule has 8 nitrogen and oxygen atoms in total. The van der Waals surface area contributed by atoms with Gasteiger partial charge in [-0.2, -0.15) is 0 Å². The molecule has 0 bridgehead atoms. The Balaban J connectivity index is 1.76. The van der Waals surface area contributed by atoms with Crippen molar-refractivity contribution in [2.24, 2.45) is 0 Å². The van der Waals surface area contributed by atoms with E-state index in [9.17, 15) is 4.79 Å². The Kier molecular flexibility index (Phi) is 4.17. The number of hydrogen-bond donors (Lipinski definition) is 0. The van der Waals surface area contributed by atoms with Crippen LogP contribution in [-0.4, -0.2) is 29.4 Å². The molecule has 0 unspecified atom stereocenters. The van der Waals surface area contributed by atoms with Crippen molar-refractivity contribution in [3.63, 3.8) is 0 Å². The lowest BCUT2D eigenvalue weighted by molar-refractivity contribution is 0.485. The molecule has 0 saturated carbocycles. The monoisotopic (exact) mass is 404 g/mol. The van der Waals surface area contributed by atoms with Crippen LogP contribution in [0.15, 0.2) is 62.9 Å². The highest BCUT2D eigenvalue weighted by molar-refractivity contribution is 7.98. The molecule has 0 saturated heterocycles. The number of nitrogens with zero attached hydrogens (tertiary/aromatic N) is 6. The van der Waals surface area contributed by atoms with Crippen LogP contribution in [0.3, 0.4) is 0 Å². The zero-order valence-electron chi connectivity index (χ0n) is 15.7. The summed E-state index contributed by atoms with van der Waals surface area (Å²) in [5.41, 5.74) is 2.39. The zero-order chi connectivity index (χ0) is 20.0. The molecule has 0 radical (unpaired) electrons. The van der Waals surface area contributed by atoms with Gasteiger partial charge in [0.25, 0.3) is 5.56 Å². The Labute approximate surface area is 169 Å². The van der Waals surface area contributed by atoms with E-state index < -0.39 is 0 Å². The van der Waals surface area contributed by atoms with Crippen molar-refractivity contribution in [1.82, 2.24) is 29.4 Å². The highest BCUT2D eigenvalue weighted by Crippen LogP contribution is 2.26. The summed E-state index contributed by atoms with van der Waals surface area (Å²) in [6, 6.07) is 15.2. The minimum atomic E-state index is -0.126. The van der Waals surface area contributed by atoms with Crippen molar-refractivity contribution in [2.45, 2.75) is 24.8 Å². The van der Waals surface area contributed by atoms with Crippen molar-refractivity contribution in [1.29, 1.82) is 0 Å². The number of aryl methyl sites for hydroxylation is 2.